The molecule has 1 aromatic carbocycles. The van der Waals surface area contributed by atoms with Crippen molar-refractivity contribution in [1.29, 1.82) is 10.8 Å². The maximum Gasteiger partial charge on any atom is 0.573 e. The van der Waals surface area contributed by atoms with Gasteiger partial charge in [-0.1, -0.05) is 0 Å². The molecule has 25 heavy (non-hydrogen) atoms. The largest absolute Gasteiger partial charge is 0.573 e. The summed E-state index contributed by atoms with van der Waals surface area (Å²) in [5.74, 6) is 0.111. The zero-order valence-electron chi connectivity index (χ0n) is 13.0. The first-order valence-corrected chi connectivity index (χ1v) is 7.48. The molecule has 0 spiro atoms. The molecule has 0 saturated carbocycles. The number of aromatic nitrogens is 2. The van der Waals surface area contributed by atoms with Gasteiger partial charge in [0.05, 0.1) is 18.9 Å². The van der Waals surface area contributed by atoms with Crippen molar-refractivity contribution in [3.05, 3.63) is 41.9 Å². The highest BCUT2D eigenvalue weighted by Gasteiger charge is 2.31. The third kappa shape index (κ3) is 4.24. The van der Waals surface area contributed by atoms with E-state index >= 15 is 0 Å². The van der Waals surface area contributed by atoms with Gasteiger partial charge in [-0.05, 0) is 36.4 Å². The van der Waals surface area contributed by atoms with Gasteiger partial charge in [0, 0.05) is 17.9 Å². The molecule has 6 nitrogen and oxygen atoms in total. The fraction of sp³-hybridized carbons (Fsp3) is 0.312. The molecule has 1 saturated heterocycles. The second-order valence-corrected chi connectivity index (χ2v) is 5.64. The summed E-state index contributed by atoms with van der Waals surface area (Å²) < 4.78 is 46.7. The van der Waals surface area contributed by atoms with Crippen LogP contribution in [0.15, 0.2) is 36.4 Å². The van der Waals surface area contributed by atoms with Crippen molar-refractivity contribution < 1.29 is 22.6 Å². The average molecular weight is 352 g/mol. The number of halogens is 3. The molecule has 132 valence electrons. The van der Waals surface area contributed by atoms with E-state index in [0.717, 1.165) is 0 Å². The number of alkyl halides is 3. The number of benzene rings is 1. The Kier molecular flexibility index (Phi) is 4.58. The molecule has 1 fully saturated rings. The summed E-state index contributed by atoms with van der Waals surface area (Å²) in [6.45, 7) is 1.19. The minimum Gasteiger partial charge on any atom is -0.406 e. The number of hydrogen-bond acceptors (Lipinski definition) is 5. The van der Waals surface area contributed by atoms with E-state index in [2.05, 4.69) is 9.84 Å². The Morgan fingerprint density at radius 1 is 1.20 bits per heavy atom. The van der Waals surface area contributed by atoms with Gasteiger partial charge in [-0.25, -0.2) is 4.68 Å². The van der Waals surface area contributed by atoms with Gasteiger partial charge in [-0.3, -0.25) is 10.8 Å². The fourth-order valence-corrected chi connectivity index (χ4v) is 2.37. The van der Waals surface area contributed by atoms with Crippen LogP contribution < -0.4 is 10.2 Å². The van der Waals surface area contributed by atoms with E-state index in [4.69, 9.17) is 15.6 Å². The standard InChI is InChI=1S/C16H15F3N4O2/c17-16(18,19)25-12-3-1-11(2-4-12)13-5-6-14(20)23(22-13)15(21)7-10-8-24-9-10/h1-6,10,20-21H,7-9H2. The Labute approximate surface area is 140 Å². The van der Waals surface area contributed by atoms with Crippen molar-refractivity contribution >= 4 is 5.84 Å². The topological polar surface area (TPSA) is 84.0 Å². The zero-order valence-corrected chi connectivity index (χ0v) is 13.0. The Morgan fingerprint density at radius 2 is 1.88 bits per heavy atom. The van der Waals surface area contributed by atoms with Crippen molar-refractivity contribution in [2.45, 2.75) is 12.8 Å². The van der Waals surface area contributed by atoms with Gasteiger partial charge in [0.15, 0.2) is 0 Å². The second-order valence-electron chi connectivity index (χ2n) is 5.64. The van der Waals surface area contributed by atoms with E-state index in [-0.39, 0.29) is 23.0 Å². The number of hydrogen-bond donors (Lipinski definition) is 2. The third-order valence-corrected chi connectivity index (χ3v) is 3.66. The number of rotatable bonds is 4. The molecule has 1 aliphatic heterocycles. The summed E-state index contributed by atoms with van der Waals surface area (Å²) in [4.78, 5) is 0. The SMILES string of the molecule is N=C(CC1COC1)n1nc(-c2ccc(OC(F)(F)F)cc2)ccc1=N. The lowest BCUT2D eigenvalue weighted by Gasteiger charge is -2.26. The summed E-state index contributed by atoms with van der Waals surface area (Å²) >= 11 is 0. The molecule has 2 aromatic rings. The first-order valence-electron chi connectivity index (χ1n) is 7.48. The lowest BCUT2D eigenvalue weighted by atomic mass is 10.0. The zero-order chi connectivity index (χ0) is 18.0. The van der Waals surface area contributed by atoms with Crippen LogP contribution in [0, 0.1) is 16.7 Å². The number of ether oxygens (including phenoxy) is 2. The quantitative estimate of drug-likeness (QED) is 0.656. The van der Waals surface area contributed by atoms with Crippen LogP contribution in [0.25, 0.3) is 11.3 Å². The van der Waals surface area contributed by atoms with Gasteiger partial charge in [0.1, 0.15) is 17.1 Å². The maximum absolute atomic E-state index is 12.2. The van der Waals surface area contributed by atoms with Gasteiger partial charge in [0.25, 0.3) is 0 Å². The van der Waals surface area contributed by atoms with E-state index < -0.39 is 6.36 Å². The normalized spacial score (nSPS) is 14.8. The van der Waals surface area contributed by atoms with Crippen LogP contribution in [0.2, 0.25) is 0 Å². The third-order valence-electron chi connectivity index (χ3n) is 3.66. The van der Waals surface area contributed by atoms with Crippen molar-refractivity contribution in [2.24, 2.45) is 5.92 Å². The Morgan fingerprint density at radius 3 is 2.44 bits per heavy atom. The predicted molar refractivity (Wildman–Crippen MR) is 82.3 cm³/mol. The monoisotopic (exact) mass is 352 g/mol. The molecular weight excluding hydrogens is 337 g/mol. The molecule has 2 heterocycles. The molecule has 3 rings (SSSR count). The first-order chi connectivity index (χ1) is 11.8. The molecule has 0 bridgehead atoms. The van der Waals surface area contributed by atoms with Crippen LogP contribution in [0.5, 0.6) is 5.75 Å². The number of nitrogens with zero attached hydrogens (tertiary/aromatic N) is 2. The average Bonchev–Trinajstić information content (AvgIpc) is 2.50. The van der Waals surface area contributed by atoms with Crippen LogP contribution in [0.4, 0.5) is 13.2 Å². The second kappa shape index (κ2) is 6.67. The summed E-state index contributed by atoms with van der Waals surface area (Å²) in [5.41, 5.74) is 1.07. The van der Waals surface area contributed by atoms with Crippen molar-refractivity contribution in [3.8, 4) is 17.0 Å². The minimum absolute atomic E-state index is 0.0611. The maximum atomic E-state index is 12.2. The van der Waals surface area contributed by atoms with Gasteiger partial charge in [-0.2, -0.15) is 5.10 Å². The summed E-state index contributed by atoms with van der Waals surface area (Å²) in [7, 11) is 0. The van der Waals surface area contributed by atoms with E-state index in [1.165, 1.54) is 35.0 Å². The molecule has 0 aliphatic carbocycles. The smallest absolute Gasteiger partial charge is 0.406 e. The van der Waals surface area contributed by atoms with Crippen LogP contribution in [0.1, 0.15) is 6.42 Å². The van der Waals surface area contributed by atoms with Gasteiger partial charge in [-0.15, -0.1) is 13.2 Å². The van der Waals surface area contributed by atoms with E-state index in [1.54, 1.807) is 6.07 Å². The van der Waals surface area contributed by atoms with Gasteiger partial charge >= 0.3 is 6.36 Å². The van der Waals surface area contributed by atoms with Gasteiger partial charge in [0.2, 0.25) is 0 Å². The molecule has 0 amide bonds. The van der Waals surface area contributed by atoms with Crippen molar-refractivity contribution in [2.75, 3.05) is 13.2 Å². The molecule has 1 aliphatic rings. The lowest BCUT2D eigenvalue weighted by Crippen LogP contribution is -2.35. The highest BCUT2D eigenvalue weighted by molar-refractivity contribution is 5.81. The summed E-state index contributed by atoms with van der Waals surface area (Å²) in [6.07, 6.45) is -4.29. The Hall–Kier alpha value is -2.68. The van der Waals surface area contributed by atoms with Crippen molar-refractivity contribution in [1.82, 2.24) is 9.78 Å². The van der Waals surface area contributed by atoms with Crippen LogP contribution in [0.3, 0.4) is 0 Å². The summed E-state index contributed by atoms with van der Waals surface area (Å²) in [5, 5.41) is 20.3. The minimum atomic E-state index is -4.74. The van der Waals surface area contributed by atoms with Crippen molar-refractivity contribution in [3.63, 3.8) is 0 Å². The van der Waals surface area contributed by atoms with E-state index in [0.29, 0.717) is 30.9 Å². The molecular formula is C16H15F3N4O2. The molecule has 1 aromatic heterocycles. The molecule has 2 N–H and O–H groups in total. The Balaban J connectivity index is 1.81. The first kappa shape index (κ1) is 17.2. The fourth-order valence-electron chi connectivity index (χ4n) is 2.37. The van der Waals surface area contributed by atoms with E-state index in [9.17, 15) is 13.2 Å². The van der Waals surface area contributed by atoms with Crippen LogP contribution >= 0.6 is 0 Å². The van der Waals surface area contributed by atoms with Gasteiger partial charge < -0.3 is 9.47 Å². The molecule has 0 unspecified atom stereocenters. The molecule has 0 atom stereocenters. The molecule has 0 radical (unpaired) electrons. The Bertz CT molecular complexity index is 827. The number of nitrogens with one attached hydrogen (secondary N) is 2. The highest BCUT2D eigenvalue weighted by atomic mass is 19.4. The summed E-state index contributed by atoms with van der Waals surface area (Å²) in [6, 6.07) is 8.36. The highest BCUT2D eigenvalue weighted by Crippen LogP contribution is 2.25. The van der Waals surface area contributed by atoms with Crippen LogP contribution in [-0.4, -0.2) is 35.2 Å². The van der Waals surface area contributed by atoms with Crippen LogP contribution in [-0.2, 0) is 4.74 Å². The predicted octanol–water partition coefficient (Wildman–Crippen LogP) is 2.79. The van der Waals surface area contributed by atoms with E-state index in [1.807, 2.05) is 0 Å². The lowest BCUT2D eigenvalue weighted by molar-refractivity contribution is -0.274. The molecule has 9 heteroatoms.